The fourth-order valence-corrected chi connectivity index (χ4v) is 2.45. The number of likely N-dealkylation sites (tertiary alicyclic amines) is 1. The lowest BCUT2D eigenvalue weighted by molar-refractivity contribution is -0.138. The Morgan fingerprint density at radius 2 is 2.33 bits per heavy atom. The minimum Gasteiger partial charge on any atom is -0.380 e. The molecule has 0 bridgehead atoms. The molecule has 2 atom stereocenters. The summed E-state index contributed by atoms with van der Waals surface area (Å²) in [5.41, 5.74) is 0. The molecular formula is C11H20N2O2. The zero-order chi connectivity index (χ0) is 10.7. The van der Waals surface area contributed by atoms with Crippen molar-refractivity contribution in [2.45, 2.75) is 25.4 Å². The fourth-order valence-electron chi connectivity index (χ4n) is 2.45. The van der Waals surface area contributed by atoms with Crippen LogP contribution in [0.1, 0.15) is 19.3 Å². The van der Waals surface area contributed by atoms with Gasteiger partial charge >= 0.3 is 0 Å². The second kappa shape index (κ2) is 4.94. The number of carbonyl (C=O) groups is 1. The van der Waals surface area contributed by atoms with Crippen molar-refractivity contribution >= 4 is 5.91 Å². The number of nitrogens with one attached hydrogen (secondary N) is 1. The van der Waals surface area contributed by atoms with Gasteiger partial charge in [0.25, 0.3) is 0 Å². The van der Waals surface area contributed by atoms with Gasteiger partial charge in [-0.2, -0.15) is 0 Å². The van der Waals surface area contributed by atoms with Crippen molar-refractivity contribution in [3.05, 3.63) is 0 Å². The van der Waals surface area contributed by atoms with Gasteiger partial charge in [0.1, 0.15) is 0 Å². The number of methoxy groups -OCH3 is 1. The fraction of sp³-hybridized carbons (Fsp3) is 0.909. The molecule has 0 unspecified atom stereocenters. The molecule has 4 nitrogen and oxygen atoms in total. The first-order valence-electron chi connectivity index (χ1n) is 5.83. The molecule has 15 heavy (non-hydrogen) atoms. The van der Waals surface area contributed by atoms with E-state index in [1.165, 1.54) is 0 Å². The Kier molecular flexibility index (Phi) is 3.59. The van der Waals surface area contributed by atoms with Crippen LogP contribution < -0.4 is 5.32 Å². The maximum absolute atomic E-state index is 12.1. The van der Waals surface area contributed by atoms with Gasteiger partial charge in [0.05, 0.1) is 12.0 Å². The maximum atomic E-state index is 12.1. The average Bonchev–Trinajstić information content (AvgIpc) is 2.81. The summed E-state index contributed by atoms with van der Waals surface area (Å²) in [7, 11) is 1.73. The summed E-state index contributed by atoms with van der Waals surface area (Å²) >= 11 is 0. The highest BCUT2D eigenvalue weighted by atomic mass is 16.5. The van der Waals surface area contributed by atoms with Gasteiger partial charge in [0.2, 0.25) is 5.91 Å². The smallest absolute Gasteiger partial charge is 0.227 e. The molecule has 0 aromatic rings. The summed E-state index contributed by atoms with van der Waals surface area (Å²) in [6.45, 7) is 3.53. The van der Waals surface area contributed by atoms with Gasteiger partial charge in [0.15, 0.2) is 0 Å². The highest BCUT2D eigenvalue weighted by Crippen LogP contribution is 2.17. The number of nitrogens with zero attached hydrogens (tertiary/aromatic N) is 1. The van der Waals surface area contributed by atoms with Crippen molar-refractivity contribution in [3.63, 3.8) is 0 Å². The molecule has 0 radical (unpaired) electrons. The van der Waals surface area contributed by atoms with E-state index in [1.54, 1.807) is 7.11 Å². The number of carbonyl (C=O) groups excluding carboxylic acids is 1. The molecule has 2 rings (SSSR count). The van der Waals surface area contributed by atoms with Crippen molar-refractivity contribution in [3.8, 4) is 0 Å². The molecular weight excluding hydrogens is 192 g/mol. The van der Waals surface area contributed by atoms with Crippen LogP contribution in [0.2, 0.25) is 0 Å². The van der Waals surface area contributed by atoms with Crippen molar-refractivity contribution in [1.82, 2.24) is 10.2 Å². The largest absolute Gasteiger partial charge is 0.380 e. The van der Waals surface area contributed by atoms with E-state index in [2.05, 4.69) is 5.32 Å². The van der Waals surface area contributed by atoms with E-state index in [0.717, 1.165) is 45.4 Å². The first kappa shape index (κ1) is 10.9. The third-order valence-electron chi connectivity index (χ3n) is 3.43. The molecule has 0 aliphatic carbocycles. The van der Waals surface area contributed by atoms with Gasteiger partial charge in [-0.3, -0.25) is 4.79 Å². The molecule has 2 heterocycles. The molecule has 1 amide bonds. The Morgan fingerprint density at radius 1 is 1.47 bits per heavy atom. The lowest BCUT2D eigenvalue weighted by Crippen LogP contribution is -2.45. The van der Waals surface area contributed by atoms with E-state index in [1.807, 2.05) is 4.90 Å². The van der Waals surface area contributed by atoms with Gasteiger partial charge in [-0.15, -0.1) is 0 Å². The van der Waals surface area contributed by atoms with Crippen LogP contribution >= 0.6 is 0 Å². The summed E-state index contributed by atoms with van der Waals surface area (Å²) in [5.74, 6) is 0.530. The zero-order valence-electron chi connectivity index (χ0n) is 9.37. The van der Waals surface area contributed by atoms with Crippen LogP contribution in [0, 0.1) is 5.92 Å². The summed E-state index contributed by atoms with van der Waals surface area (Å²) in [5, 5.41) is 3.24. The normalized spacial score (nSPS) is 31.9. The number of rotatable bonds is 2. The standard InChI is InChI=1S/C11H20N2O2/c1-15-10-3-2-6-13(8-10)11(14)9-4-5-12-7-9/h9-10,12H,2-8H2,1H3/t9-,10+/m0/s1. The van der Waals surface area contributed by atoms with Gasteiger partial charge in [0, 0.05) is 26.7 Å². The predicted octanol–water partition coefficient (Wildman–Crippen LogP) is 0.233. The molecule has 2 aliphatic rings. The molecule has 0 spiro atoms. The van der Waals surface area contributed by atoms with Crippen LogP contribution in [0.5, 0.6) is 0 Å². The van der Waals surface area contributed by atoms with Crippen molar-refractivity contribution in [2.24, 2.45) is 5.92 Å². The number of ether oxygens (including phenoxy) is 1. The molecule has 2 aliphatic heterocycles. The molecule has 0 saturated carbocycles. The lowest BCUT2D eigenvalue weighted by atomic mass is 10.0. The summed E-state index contributed by atoms with van der Waals surface area (Å²) in [4.78, 5) is 14.1. The van der Waals surface area contributed by atoms with E-state index < -0.39 is 0 Å². The van der Waals surface area contributed by atoms with Crippen molar-refractivity contribution in [1.29, 1.82) is 0 Å². The number of amides is 1. The highest BCUT2D eigenvalue weighted by molar-refractivity contribution is 5.79. The van der Waals surface area contributed by atoms with Crippen molar-refractivity contribution in [2.75, 3.05) is 33.3 Å². The Hall–Kier alpha value is -0.610. The molecule has 86 valence electrons. The average molecular weight is 212 g/mol. The Morgan fingerprint density at radius 3 is 3.00 bits per heavy atom. The van der Waals surface area contributed by atoms with Crippen LogP contribution in [-0.4, -0.2) is 50.2 Å². The second-order valence-corrected chi connectivity index (χ2v) is 4.47. The molecule has 2 saturated heterocycles. The van der Waals surface area contributed by atoms with Crippen molar-refractivity contribution < 1.29 is 9.53 Å². The quantitative estimate of drug-likeness (QED) is 0.712. The number of hydrogen-bond donors (Lipinski definition) is 1. The minimum atomic E-state index is 0.209. The summed E-state index contributed by atoms with van der Waals surface area (Å²) < 4.78 is 5.32. The van der Waals surface area contributed by atoms with E-state index in [-0.39, 0.29) is 12.0 Å². The van der Waals surface area contributed by atoms with Crippen LogP contribution in [0.4, 0.5) is 0 Å². The van der Waals surface area contributed by atoms with Gasteiger partial charge in [-0.1, -0.05) is 0 Å². The summed E-state index contributed by atoms with van der Waals surface area (Å²) in [6, 6.07) is 0. The Balaban J connectivity index is 1.88. The monoisotopic (exact) mass is 212 g/mol. The van der Waals surface area contributed by atoms with Crippen LogP contribution in [0.25, 0.3) is 0 Å². The third kappa shape index (κ3) is 2.49. The number of piperidine rings is 1. The number of hydrogen-bond acceptors (Lipinski definition) is 3. The highest BCUT2D eigenvalue weighted by Gasteiger charge is 2.30. The predicted molar refractivity (Wildman–Crippen MR) is 57.6 cm³/mol. The maximum Gasteiger partial charge on any atom is 0.227 e. The second-order valence-electron chi connectivity index (χ2n) is 4.47. The van der Waals surface area contributed by atoms with Gasteiger partial charge in [-0.25, -0.2) is 0 Å². The SMILES string of the molecule is CO[C@@H]1CCCN(C(=O)[C@H]2CCNC2)C1. The Bertz CT molecular complexity index is 227. The first-order chi connectivity index (χ1) is 7.31. The van der Waals surface area contributed by atoms with E-state index in [9.17, 15) is 4.79 Å². The Labute approximate surface area is 91.0 Å². The molecule has 1 N–H and O–H groups in total. The minimum absolute atomic E-state index is 0.209. The topological polar surface area (TPSA) is 41.6 Å². The lowest BCUT2D eigenvalue weighted by Gasteiger charge is -2.33. The first-order valence-corrected chi connectivity index (χ1v) is 5.83. The van der Waals surface area contributed by atoms with Crippen LogP contribution in [-0.2, 0) is 9.53 Å². The van der Waals surface area contributed by atoms with Gasteiger partial charge in [-0.05, 0) is 25.8 Å². The van der Waals surface area contributed by atoms with E-state index in [4.69, 9.17) is 4.74 Å². The molecule has 2 fully saturated rings. The summed E-state index contributed by atoms with van der Waals surface area (Å²) in [6.07, 6.45) is 3.40. The van der Waals surface area contributed by atoms with E-state index in [0.29, 0.717) is 5.91 Å². The van der Waals surface area contributed by atoms with Gasteiger partial charge < -0.3 is 15.0 Å². The molecule has 4 heteroatoms. The third-order valence-corrected chi connectivity index (χ3v) is 3.43. The zero-order valence-corrected chi connectivity index (χ0v) is 9.37. The van der Waals surface area contributed by atoms with Crippen LogP contribution in [0.3, 0.4) is 0 Å². The van der Waals surface area contributed by atoms with Crippen LogP contribution in [0.15, 0.2) is 0 Å². The molecule has 0 aromatic heterocycles. The molecule has 0 aromatic carbocycles. The van der Waals surface area contributed by atoms with E-state index >= 15 is 0 Å².